The van der Waals surface area contributed by atoms with Crippen molar-refractivity contribution in [3.8, 4) is 5.75 Å². The Labute approximate surface area is 142 Å². The van der Waals surface area contributed by atoms with Crippen LogP contribution in [0.2, 0.25) is 0 Å². The van der Waals surface area contributed by atoms with Crippen molar-refractivity contribution in [3.63, 3.8) is 0 Å². The molecule has 1 fully saturated rings. The lowest BCUT2D eigenvalue weighted by molar-refractivity contribution is -0.133. The summed E-state index contributed by atoms with van der Waals surface area (Å²) in [6, 6.07) is 8.69. The minimum Gasteiger partial charge on any atom is -0.491 e. The molecular formula is C18H26N2O4. The fourth-order valence-corrected chi connectivity index (χ4v) is 3.13. The number of benzene rings is 1. The van der Waals surface area contributed by atoms with E-state index in [9.17, 15) is 14.7 Å². The molecule has 1 aromatic rings. The van der Waals surface area contributed by atoms with E-state index in [1.54, 1.807) is 12.1 Å². The molecule has 0 aromatic heterocycles. The number of nitrogens with zero attached hydrogens (tertiary/aromatic N) is 1. The summed E-state index contributed by atoms with van der Waals surface area (Å²) in [6.07, 6.45) is 1.90. The van der Waals surface area contributed by atoms with Gasteiger partial charge in [0.25, 0.3) is 5.91 Å². The number of carbonyl (C=O) groups excluding carboxylic acids is 2. The predicted molar refractivity (Wildman–Crippen MR) is 90.7 cm³/mol. The molecule has 6 nitrogen and oxygen atoms in total. The maximum Gasteiger partial charge on any atom is 0.325 e. The van der Waals surface area contributed by atoms with Crippen molar-refractivity contribution in [1.29, 1.82) is 0 Å². The summed E-state index contributed by atoms with van der Waals surface area (Å²) >= 11 is 0. The van der Waals surface area contributed by atoms with Crippen LogP contribution in [0.1, 0.15) is 39.5 Å². The summed E-state index contributed by atoms with van der Waals surface area (Å²) in [4.78, 5) is 26.0. The van der Waals surface area contributed by atoms with Crippen LogP contribution in [0.4, 0.5) is 4.79 Å². The standard InChI is InChI=1S/C18H26N2O4/c1-3-10-18(11-4-2)16(22)20(17(23)19-18)12-14(21)13-24-15-8-6-5-7-9-15/h5-9,14,21H,3-4,10-13H2,1-2H3,(H,19,23). The van der Waals surface area contributed by atoms with Crippen molar-refractivity contribution in [2.45, 2.75) is 51.2 Å². The van der Waals surface area contributed by atoms with Gasteiger partial charge in [-0.05, 0) is 25.0 Å². The van der Waals surface area contributed by atoms with E-state index in [4.69, 9.17) is 4.74 Å². The Kier molecular flexibility index (Phi) is 6.20. The van der Waals surface area contributed by atoms with Gasteiger partial charge < -0.3 is 15.2 Å². The van der Waals surface area contributed by atoms with Gasteiger partial charge in [0, 0.05) is 0 Å². The summed E-state index contributed by atoms with van der Waals surface area (Å²) in [6.45, 7) is 3.94. The average molecular weight is 334 g/mol. The molecule has 3 amide bonds. The quantitative estimate of drug-likeness (QED) is 0.679. The van der Waals surface area contributed by atoms with E-state index in [0.717, 1.165) is 17.7 Å². The third-order valence-corrected chi connectivity index (χ3v) is 4.18. The topological polar surface area (TPSA) is 78.9 Å². The molecule has 1 aliphatic rings. The van der Waals surface area contributed by atoms with Gasteiger partial charge in [-0.3, -0.25) is 9.69 Å². The number of carbonyl (C=O) groups is 2. The van der Waals surface area contributed by atoms with Gasteiger partial charge in [0.05, 0.1) is 6.54 Å². The van der Waals surface area contributed by atoms with Gasteiger partial charge in [-0.15, -0.1) is 0 Å². The Morgan fingerprint density at radius 2 is 1.79 bits per heavy atom. The first-order chi connectivity index (χ1) is 11.5. The first-order valence-corrected chi connectivity index (χ1v) is 8.52. The maximum absolute atomic E-state index is 12.7. The molecule has 1 atom stereocenters. The van der Waals surface area contributed by atoms with Crippen LogP contribution in [0.3, 0.4) is 0 Å². The highest BCUT2D eigenvalue weighted by atomic mass is 16.5. The van der Waals surface area contributed by atoms with Crippen LogP contribution in [0.25, 0.3) is 0 Å². The SMILES string of the molecule is CCCC1(CCC)NC(=O)N(CC(O)COc2ccccc2)C1=O. The molecule has 24 heavy (non-hydrogen) atoms. The molecule has 1 saturated heterocycles. The van der Waals surface area contributed by atoms with Gasteiger partial charge in [0.2, 0.25) is 0 Å². The molecule has 0 saturated carbocycles. The van der Waals surface area contributed by atoms with E-state index in [0.29, 0.717) is 18.6 Å². The van der Waals surface area contributed by atoms with Gasteiger partial charge in [-0.25, -0.2) is 4.79 Å². The van der Waals surface area contributed by atoms with Crippen LogP contribution in [-0.4, -0.2) is 46.7 Å². The number of amides is 3. The van der Waals surface area contributed by atoms with Gasteiger partial charge >= 0.3 is 6.03 Å². The van der Waals surface area contributed by atoms with Crippen LogP contribution in [0.15, 0.2) is 30.3 Å². The first-order valence-electron chi connectivity index (χ1n) is 8.52. The number of ether oxygens (including phenoxy) is 1. The molecule has 1 aromatic carbocycles. The highest BCUT2D eigenvalue weighted by Gasteiger charge is 2.50. The Bertz CT molecular complexity index is 555. The molecule has 132 valence electrons. The van der Waals surface area contributed by atoms with Crippen LogP contribution < -0.4 is 10.1 Å². The van der Waals surface area contributed by atoms with Crippen molar-refractivity contribution in [1.82, 2.24) is 10.2 Å². The number of para-hydroxylation sites is 1. The summed E-state index contributed by atoms with van der Waals surface area (Å²) in [5, 5.41) is 13.0. The Morgan fingerprint density at radius 3 is 2.38 bits per heavy atom. The fraction of sp³-hybridized carbons (Fsp3) is 0.556. The summed E-state index contributed by atoms with van der Waals surface area (Å²) in [5.74, 6) is 0.398. The monoisotopic (exact) mass is 334 g/mol. The molecule has 0 spiro atoms. The second-order valence-corrected chi connectivity index (χ2v) is 6.21. The Hall–Kier alpha value is -2.08. The minimum absolute atomic E-state index is 0.0234. The fourth-order valence-electron chi connectivity index (χ4n) is 3.13. The van der Waals surface area contributed by atoms with E-state index in [1.165, 1.54) is 0 Å². The summed E-state index contributed by atoms with van der Waals surface area (Å²) in [5.41, 5.74) is -0.819. The van der Waals surface area contributed by atoms with E-state index < -0.39 is 17.7 Å². The van der Waals surface area contributed by atoms with Crippen LogP contribution >= 0.6 is 0 Å². The zero-order valence-corrected chi connectivity index (χ0v) is 14.3. The molecule has 0 aliphatic carbocycles. The van der Waals surface area contributed by atoms with E-state index in [1.807, 2.05) is 32.0 Å². The highest BCUT2D eigenvalue weighted by molar-refractivity contribution is 6.07. The Balaban J connectivity index is 1.96. The summed E-state index contributed by atoms with van der Waals surface area (Å²) in [7, 11) is 0. The first kappa shape index (κ1) is 18.3. The molecule has 2 rings (SSSR count). The molecule has 2 N–H and O–H groups in total. The maximum atomic E-state index is 12.7. The lowest BCUT2D eigenvalue weighted by Gasteiger charge is -2.26. The molecular weight excluding hydrogens is 308 g/mol. The minimum atomic E-state index is -0.932. The number of imide groups is 1. The van der Waals surface area contributed by atoms with Crippen molar-refractivity contribution < 1.29 is 19.4 Å². The molecule has 0 radical (unpaired) electrons. The van der Waals surface area contributed by atoms with E-state index in [-0.39, 0.29) is 19.1 Å². The van der Waals surface area contributed by atoms with Crippen molar-refractivity contribution >= 4 is 11.9 Å². The number of β-amino-alcohol motifs (C(OH)–C–C–N with tert-alkyl or cyclic N) is 1. The van der Waals surface area contributed by atoms with Gasteiger partial charge in [0.15, 0.2) is 0 Å². The number of rotatable bonds is 9. The van der Waals surface area contributed by atoms with Crippen LogP contribution in [-0.2, 0) is 4.79 Å². The number of hydrogen-bond acceptors (Lipinski definition) is 4. The third-order valence-electron chi connectivity index (χ3n) is 4.18. The average Bonchev–Trinajstić information content (AvgIpc) is 2.79. The number of nitrogens with one attached hydrogen (secondary N) is 1. The number of aliphatic hydroxyl groups excluding tert-OH is 1. The lowest BCUT2D eigenvalue weighted by Crippen LogP contribution is -2.47. The van der Waals surface area contributed by atoms with Gasteiger partial charge in [-0.2, -0.15) is 0 Å². The van der Waals surface area contributed by atoms with Crippen LogP contribution in [0, 0.1) is 0 Å². The van der Waals surface area contributed by atoms with Crippen molar-refractivity contribution in [3.05, 3.63) is 30.3 Å². The predicted octanol–water partition coefficient (Wildman–Crippen LogP) is 2.32. The number of urea groups is 1. The molecule has 0 bridgehead atoms. The van der Waals surface area contributed by atoms with E-state index in [2.05, 4.69) is 5.32 Å². The zero-order valence-electron chi connectivity index (χ0n) is 14.3. The largest absolute Gasteiger partial charge is 0.491 e. The zero-order chi connectivity index (χ0) is 17.6. The smallest absolute Gasteiger partial charge is 0.325 e. The van der Waals surface area contributed by atoms with Gasteiger partial charge in [-0.1, -0.05) is 44.9 Å². The second-order valence-electron chi connectivity index (χ2n) is 6.21. The summed E-state index contributed by atoms with van der Waals surface area (Å²) < 4.78 is 5.48. The molecule has 1 aliphatic heterocycles. The molecule has 6 heteroatoms. The number of aliphatic hydroxyl groups is 1. The van der Waals surface area contributed by atoms with E-state index >= 15 is 0 Å². The molecule has 1 unspecified atom stereocenters. The second kappa shape index (κ2) is 8.15. The molecule has 1 heterocycles. The van der Waals surface area contributed by atoms with Crippen molar-refractivity contribution in [2.75, 3.05) is 13.2 Å². The van der Waals surface area contributed by atoms with Crippen molar-refractivity contribution in [2.24, 2.45) is 0 Å². The highest BCUT2D eigenvalue weighted by Crippen LogP contribution is 2.28. The van der Waals surface area contributed by atoms with Crippen LogP contribution in [0.5, 0.6) is 5.75 Å². The third kappa shape index (κ3) is 4.06. The lowest BCUT2D eigenvalue weighted by atomic mass is 9.88. The number of hydrogen-bond donors (Lipinski definition) is 2. The normalized spacial score (nSPS) is 17.7. The van der Waals surface area contributed by atoms with Gasteiger partial charge in [0.1, 0.15) is 24.0 Å². The Morgan fingerprint density at radius 1 is 1.17 bits per heavy atom.